The highest BCUT2D eigenvalue weighted by Gasteiger charge is 2.01. The summed E-state index contributed by atoms with van der Waals surface area (Å²) in [6.45, 7) is 0. The third-order valence-electron chi connectivity index (χ3n) is 2.27. The molecule has 1 N–H and O–H groups in total. The molecule has 0 aliphatic carbocycles. The van der Waals surface area contributed by atoms with Crippen LogP contribution in [-0.2, 0) is 0 Å². The van der Waals surface area contributed by atoms with Crippen molar-refractivity contribution in [3.05, 3.63) is 63.6 Å². The molecular formula is C13H8Cl2F2N2. The zero-order chi connectivity index (χ0) is 13.8. The zero-order valence-corrected chi connectivity index (χ0v) is 11.0. The van der Waals surface area contributed by atoms with Gasteiger partial charge in [-0.2, -0.15) is 5.10 Å². The lowest BCUT2D eigenvalue weighted by molar-refractivity contribution is 0.508. The van der Waals surface area contributed by atoms with E-state index in [1.54, 1.807) is 18.2 Å². The van der Waals surface area contributed by atoms with Crippen molar-refractivity contribution < 1.29 is 8.78 Å². The van der Waals surface area contributed by atoms with E-state index in [4.69, 9.17) is 23.2 Å². The summed E-state index contributed by atoms with van der Waals surface area (Å²) < 4.78 is 25.6. The van der Waals surface area contributed by atoms with Crippen LogP contribution in [0.4, 0.5) is 14.5 Å². The Balaban J connectivity index is 2.06. The minimum Gasteiger partial charge on any atom is -0.278 e. The maximum Gasteiger partial charge on any atom is 0.159 e. The van der Waals surface area contributed by atoms with Gasteiger partial charge in [0.2, 0.25) is 0 Å². The molecule has 0 spiro atoms. The lowest BCUT2D eigenvalue weighted by atomic mass is 10.2. The molecule has 6 heteroatoms. The zero-order valence-electron chi connectivity index (χ0n) is 9.50. The van der Waals surface area contributed by atoms with Gasteiger partial charge in [-0.25, -0.2) is 8.78 Å². The van der Waals surface area contributed by atoms with Gasteiger partial charge in [0.05, 0.1) is 21.9 Å². The summed E-state index contributed by atoms with van der Waals surface area (Å²) in [7, 11) is 0. The Morgan fingerprint density at radius 1 is 0.947 bits per heavy atom. The number of nitrogens with zero attached hydrogens (tertiary/aromatic N) is 1. The van der Waals surface area contributed by atoms with Crippen molar-refractivity contribution in [2.45, 2.75) is 0 Å². The number of rotatable bonds is 3. The third kappa shape index (κ3) is 3.66. The number of halogens is 4. The van der Waals surface area contributed by atoms with E-state index in [1.807, 2.05) is 0 Å². The average Bonchev–Trinajstić information content (AvgIpc) is 2.38. The molecule has 0 heterocycles. The van der Waals surface area contributed by atoms with Crippen LogP contribution in [0.1, 0.15) is 5.56 Å². The van der Waals surface area contributed by atoms with E-state index >= 15 is 0 Å². The van der Waals surface area contributed by atoms with Crippen molar-refractivity contribution >= 4 is 35.1 Å². The van der Waals surface area contributed by atoms with Gasteiger partial charge < -0.3 is 0 Å². The Morgan fingerprint density at radius 2 is 1.74 bits per heavy atom. The molecule has 0 aromatic heterocycles. The molecule has 19 heavy (non-hydrogen) atoms. The number of benzene rings is 2. The first-order valence-corrected chi connectivity index (χ1v) is 6.01. The normalized spacial score (nSPS) is 10.9. The Bertz CT molecular complexity index is 630. The third-order valence-corrected chi connectivity index (χ3v) is 3.01. The molecule has 0 aliphatic rings. The van der Waals surface area contributed by atoms with Crippen LogP contribution >= 0.6 is 23.2 Å². The van der Waals surface area contributed by atoms with Crippen LogP contribution in [0.15, 0.2) is 41.5 Å². The molecule has 0 saturated carbocycles. The second kappa shape index (κ2) is 5.99. The van der Waals surface area contributed by atoms with Gasteiger partial charge in [-0.3, -0.25) is 5.43 Å². The SMILES string of the molecule is Fc1ccc(C=NNc2ccc(Cl)c(Cl)c2)cc1F. The molecule has 0 radical (unpaired) electrons. The van der Waals surface area contributed by atoms with E-state index < -0.39 is 11.6 Å². The molecule has 2 aromatic rings. The highest BCUT2D eigenvalue weighted by Crippen LogP contribution is 2.24. The fourth-order valence-corrected chi connectivity index (χ4v) is 1.64. The van der Waals surface area contributed by atoms with Gasteiger partial charge in [-0.15, -0.1) is 0 Å². The van der Waals surface area contributed by atoms with Gasteiger partial charge in [0, 0.05) is 0 Å². The summed E-state index contributed by atoms with van der Waals surface area (Å²) in [6, 6.07) is 8.42. The van der Waals surface area contributed by atoms with Crippen molar-refractivity contribution in [1.29, 1.82) is 0 Å². The van der Waals surface area contributed by atoms with Crippen molar-refractivity contribution in [3.8, 4) is 0 Å². The first-order valence-electron chi connectivity index (χ1n) is 5.25. The number of hydrogen-bond acceptors (Lipinski definition) is 2. The van der Waals surface area contributed by atoms with Gasteiger partial charge in [-0.1, -0.05) is 29.3 Å². The van der Waals surface area contributed by atoms with E-state index in [0.29, 0.717) is 21.3 Å². The van der Waals surface area contributed by atoms with E-state index in [0.717, 1.165) is 12.1 Å². The Morgan fingerprint density at radius 3 is 2.42 bits per heavy atom. The monoisotopic (exact) mass is 300 g/mol. The standard InChI is InChI=1S/C13H8Cl2F2N2/c14-10-3-2-9(6-11(10)15)19-18-7-8-1-4-12(16)13(17)5-8/h1-7,19H. The molecule has 0 bridgehead atoms. The number of hydrazone groups is 1. The lowest BCUT2D eigenvalue weighted by Crippen LogP contribution is -1.92. The van der Waals surface area contributed by atoms with Crippen LogP contribution in [0.3, 0.4) is 0 Å². The molecule has 2 nitrogen and oxygen atoms in total. The maximum atomic E-state index is 12.9. The predicted molar refractivity (Wildman–Crippen MR) is 74.0 cm³/mol. The Labute approximate surface area is 118 Å². The number of anilines is 1. The average molecular weight is 301 g/mol. The molecule has 0 unspecified atom stereocenters. The molecule has 0 atom stereocenters. The lowest BCUT2D eigenvalue weighted by Gasteiger charge is -2.02. The quantitative estimate of drug-likeness (QED) is 0.644. The molecule has 2 aromatic carbocycles. The second-order valence-electron chi connectivity index (χ2n) is 3.67. The fourth-order valence-electron chi connectivity index (χ4n) is 1.34. The van der Waals surface area contributed by atoms with Gasteiger partial charge in [0.25, 0.3) is 0 Å². The van der Waals surface area contributed by atoms with Crippen molar-refractivity contribution in [1.82, 2.24) is 0 Å². The summed E-state index contributed by atoms with van der Waals surface area (Å²) in [5.74, 6) is -1.81. The fraction of sp³-hybridized carbons (Fsp3) is 0. The molecule has 0 fully saturated rings. The number of hydrogen-bond donors (Lipinski definition) is 1. The second-order valence-corrected chi connectivity index (χ2v) is 4.49. The summed E-state index contributed by atoms with van der Waals surface area (Å²) in [6.07, 6.45) is 1.37. The molecule has 0 saturated heterocycles. The summed E-state index contributed by atoms with van der Waals surface area (Å²) >= 11 is 11.6. The first kappa shape index (κ1) is 13.8. The van der Waals surface area contributed by atoms with Crippen LogP contribution in [-0.4, -0.2) is 6.21 Å². The van der Waals surface area contributed by atoms with E-state index in [2.05, 4.69) is 10.5 Å². The first-order chi connectivity index (χ1) is 9.06. The Kier molecular flexibility index (Phi) is 4.35. The molecule has 0 amide bonds. The van der Waals surface area contributed by atoms with Gasteiger partial charge in [0.1, 0.15) is 0 Å². The minimum absolute atomic E-state index is 0.398. The van der Waals surface area contributed by atoms with Crippen LogP contribution in [0, 0.1) is 11.6 Å². The molecular weight excluding hydrogens is 293 g/mol. The van der Waals surface area contributed by atoms with Crippen LogP contribution in [0.25, 0.3) is 0 Å². The maximum absolute atomic E-state index is 12.9. The smallest absolute Gasteiger partial charge is 0.159 e. The highest BCUT2D eigenvalue weighted by molar-refractivity contribution is 6.42. The summed E-state index contributed by atoms with van der Waals surface area (Å²) in [4.78, 5) is 0. The topological polar surface area (TPSA) is 24.4 Å². The van der Waals surface area contributed by atoms with E-state index in [9.17, 15) is 8.78 Å². The van der Waals surface area contributed by atoms with Crippen LogP contribution in [0.2, 0.25) is 10.0 Å². The van der Waals surface area contributed by atoms with Crippen LogP contribution < -0.4 is 5.43 Å². The van der Waals surface area contributed by atoms with Gasteiger partial charge in [-0.05, 0) is 35.9 Å². The van der Waals surface area contributed by atoms with Crippen molar-refractivity contribution in [2.24, 2.45) is 5.10 Å². The largest absolute Gasteiger partial charge is 0.278 e. The van der Waals surface area contributed by atoms with E-state index in [-0.39, 0.29) is 0 Å². The highest BCUT2D eigenvalue weighted by atomic mass is 35.5. The van der Waals surface area contributed by atoms with Gasteiger partial charge >= 0.3 is 0 Å². The van der Waals surface area contributed by atoms with Crippen molar-refractivity contribution in [3.63, 3.8) is 0 Å². The number of nitrogens with one attached hydrogen (secondary N) is 1. The van der Waals surface area contributed by atoms with Crippen molar-refractivity contribution in [2.75, 3.05) is 5.43 Å². The summed E-state index contributed by atoms with van der Waals surface area (Å²) in [5, 5.41) is 4.73. The molecule has 2 rings (SSSR count). The van der Waals surface area contributed by atoms with Crippen LogP contribution in [0.5, 0.6) is 0 Å². The predicted octanol–water partition coefficient (Wildman–Crippen LogP) is 4.72. The Hall–Kier alpha value is -1.65. The van der Waals surface area contributed by atoms with Gasteiger partial charge in [0.15, 0.2) is 11.6 Å². The molecule has 0 aliphatic heterocycles. The minimum atomic E-state index is -0.918. The summed E-state index contributed by atoms with van der Waals surface area (Å²) in [5.41, 5.74) is 3.77. The molecule has 98 valence electrons. The van der Waals surface area contributed by atoms with E-state index in [1.165, 1.54) is 12.3 Å².